The topological polar surface area (TPSA) is 39.4 Å². The summed E-state index contributed by atoms with van der Waals surface area (Å²) < 4.78 is 45.5. The highest BCUT2D eigenvalue weighted by atomic mass is 19.4. The summed E-state index contributed by atoms with van der Waals surface area (Å²) in [7, 11) is 1.21. The molecule has 2 aromatic heterocycles. The number of pyridine rings is 1. The summed E-state index contributed by atoms with van der Waals surface area (Å²) in [5.41, 5.74) is -1.06. The Bertz CT molecular complexity index is 616. The van der Waals surface area contributed by atoms with Crippen LogP contribution in [0.25, 0.3) is 5.65 Å². The number of aromatic nitrogens is 3. The zero-order valence-electron chi connectivity index (χ0n) is 10.2. The molecule has 4 nitrogen and oxygen atoms in total. The van der Waals surface area contributed by atoms with Crippen LogP contribution in [0, 0.1) is 5.92 Å². The Kier molecular flexibility index (Phi) is 2.65. The van der Waals surface area contributed by atoms with Gasteiger partial charge in [-0.2, -0.15) is 13.2 Å². The Morgan fingerprint density at radius 3 is 2.68 bits per heavy atom. The van der Waals surface area contributed by atoms with Gasteiger partial charge < -0.3 is 4.74 Å². The molecule has 0 spiro atoms. The van der Waals surface area contributed by atoms with E-state index >= 15 is 0 Å². The molecule has 1 aliphatic carbocycles. The summed E-state index contributed by atoms with van der Waals surface area (Å²) in [4.78, 5) is 0. The second kappa shape index (κ2) is 4.11. The van der Waals surface area contributed by atoms with E-state index in [9.17, 15) is 13.2 Å². The molecule has 0 amide bonds. The molecule has 0 radical (unpaired) electrons. The van der Waals surface area contributed by atoms with Crippen LogP contribution in [0.4, 0.5) is 13.2 Å². The van der Waals surface area contributed by atoms with Crippen LogP contribution < -0.4 is 4.74 Å². The second-order valence-electron chi connectivity index (χ2n) is 4.71. The van der Waals surface area contributed by atoms with Gasteiger partial charge in [0.25, 0.3) is 0 Å². The van der Waals surface area contributed by atoms with Gasteiger partial charge in [0.05, 0.1) is 7.11 Å². The van der Waals surface area contributed by atoms with Gasteiger partial charge in [0, 0.05) is 12.6 Å². The van der Waals surface area contributed by atoms with E-state index in [1.165, 1.54) is 23.8 Å². The fraction of sp³-hybridized carbons (Fsp3) is 0.500. The van der Waals surface area contributed by atoms with Crippen molar-refractivity contribution in [1.29, 1.82) is 0 Å². The van der Waals surface area contributed by atoms with Gasteiger partial charge in [-0.15, -0.1) is 10.2 Å². The van der Waals surface area contributed by atoms with Crippen LogP contribution >= 0.6 is 0 Å². The fourth-order valence-corrected chi connectivity index (χ4v) is 2.14. The monoisotopic (exact) mass is 271 g/mol. The summed E-state index contributed by atoms with van der Waals surface area (Å²) in [5.74, 6) is 0.875. The van der Waals surface area contributed by atoms with Crippen molar-refractivity contribution in [2.45, 2.75) is 25.4 Å². The summed E-state index contributed by atoms with van der Waals surface area (Å²) in [6, 6.07) is 1.30. The highest BCUT2D eigenvalue weighted by Crippen LogP contribution is 2.39. The molecular weight excluding hydrogens is 259 g/mol. The van der Waals surface area contributed by atoms with Crippen LogP contribution in [0.3, 0.4) is 0 Å². The molecule has 7 heteroatoms. The third-order valence-electron chi connectivity index (χ3n) is 3.28. The Labute approximate surface area is 107 Å². The van der Waals surface area contributed by atoms with Crippen LogP contribution in [-0.2, 0) is 12.6 Å². The molecule has 102 valence electrons. The minimum Gasteiger partial charge on any atom is -0.496 e. The van der Waals surface area contributed by atoms with E-state index in [2.05, 4.69) is 10.2 Å². The fourth-order valence-electron chi connectivity index (χ4n) is 2.14. The first-order valence-electron chi connectivity index (χ1n) is 5.98. The van der Waals surface area contributed by atoms with Crippen LogP contribution in [-0.4, -0.2) is 21.7 Å². The van der Waals surface area contributed by atoms with Gasteiger partial charge in [0.1, 0.15) is 17.1 Å². The summed E-state index contributed by atoms with van der Waals surface area (Å²) in [5, 5.41) is 7.57. The molecule has 0 N–H and O–H groups in total. The number of methoxy groups -OCH3 is 1. The Hall–Kier alpha value is -1.79. The Morgan fingerprint density at radius 2 is 2.11 bits per heavy atom. The molecule has 0 aliphatic heterocycles. The van der Waals surface area contributed by atoms with E-state index in [1.807, 2.05) is 0 Å². The number of ether oxygens (including phenoxy) is 1. The van der Waals surface area contributed by atoms with E-state index in [0.29, 0.717) is 18.2 Å². The standard InChI is InChI=1S/C12H12F3N3O/c1-19-8-4-5-18-9(6-7-2-3-7)16-17-11(18)10(8)12(13,14)15/h4-5,7H,2-3,6H2,1H3. The predicted octanol–water partition coefficient (Wildman–Crippen LogP) is 2.71. The van der Waals surface area contributed by atoms with Crippen molar-refractivity contribution in [1.82, 2.24) is 14.6 Å². The van der Waals surface area contributed by atoms with Gasteiger partial charge in [0.2, 0.25) is 0 Å². The normalized spacial score (nSPS) is 16.0. The second-order valence-corrected chi connectivity index (χ2v) is 4.71. The van der Waals surface area contributed by atoms with E-state index in [0.717, 1.165) is 12.8 Å². The van der Waals surface area contributed by atoms with E-state index in [4.69, 9.17) is 4.74 Å². The molecule has 0 saturated heterocycles. The molecule has 19 heavy (non-hydrogen) atoms. The van der Waals surface area contributed by atoms with E-state index in [-0.39, 0.29) is 11.4 Å². The molecular formula is C12H12F3N3O. The number of nitrogens with zero attached hydrogens (tertiary/aromatic N) is 3. The van der Waals surface area contributed by atoms with Gasteiger partial charge in [-0.1, -0.05) is 0 Å². The van der Waals surface area contributed by atoms with Crippen molar-refractivity contribution >= 4 is 5.65 Å². The van der Waals surface area contributed by atoms with Crippen LogP contribution in [0.1, 0.15) is 24.2 Å². The van der Waals surface area contributed by atoms with E-state index < -0.39 is 11.7 Å². The third-order valence-corrected chi connectivity index (χ3v) is 3.28. The minimum absolute atomic E-state index is 0.192. The first-order valence-corrected chi connectivity index (χ1v) is 5.98. The van der Waals surface area contributed by atoms with Crippen molar-refractivity contribution < 1.29 is 17.9 Å². The van der Waals surface area contributed by atoms with Crippen molar-refractivity contribution in [3.8, 4) is 5.75 Å². The minimum atomic E-state index is -4.52. The van der Waals surface area contributed by atoms with Crippen LogP contribution in [0.15, 0.2) is 12.3 Å². The van der Waals surface area contributed by atoms with Gasteiger partial charge in [0.15, 0.2) is 5.65 Å². The lowest BCUT2D eigenvalue weighted by Gasteiger charge is -2.12. The molecule has 3 rings (SSSR count). The first kappa shape index (κ1) is 12.3. The number of hydrogen-bond donors (Lipinski definition) is 0. The van der Waals surface area contributed by atoms with Crippen molar-refractivity contribution in [3.63, 3.8) is 0 Å². The number of rotatable bonds is 3. The predicted molar refractivity (Wildman–Crippen MR) is 61.0 cm³/mol. The maximum Gasteiger partial charge on any atom is 0.423 e. The highest BCUT2D eigenvalue weighted by molar-refractivity contribution is 5.56. The molecule has 2 heterocycles. The molecule has 1 aliphatic rings. The smallest absolute Gasteiger partial charge is 0.423 e. The van der Waals surface area contributed by atoms with Gasteiger partial charge >= 0.3 is 6.18 Å². The Morgan fingerprint density at radius 1 is 1.37 bits per heavy atom. The Balaban J connectivity index is 2.16. The van der Waals surface area contributed by atoms with Crippen molar-refractivity contribution in [2.24, 2.45) is 5.92 Å². The van der Waals surface area contributed by atoms with Gasteiger partial charge in [-0.05, 0) is 24.8 Å². The molecule has 2 aromatic rings. The average molecular weight is 271 g/mol. The summed E-state index contributed by atoms with van der Waals surface area (Å²) in [6.07, 6.45) is -0.0992. The summed E-state index contributed by atoms with van der Waals surface area (Å²) in [6.45, 7) is 0. The number of fused-ring (bicyclic) bond motifs is 1. The molecule has 1 fully saturated rings. The maximum absolute atomic E-state index is 13.1. The van der Waals surface area contributed by atoms with Crippen molar-refractivity contribution in [2.75, 3.05) is 7.11 Å². The molecule has 0 atom stereocenters. The third kappa shape index (κ3) is 2.13. The van der Waals surface area contributed by atoms with Crippen LogP contribution in [0.2, 0.25) is 0 Å². The zero-order chi connectivity index (χ0) is 13.6. The first-order chi connectivity index (χ1) is 9.00. The van der Waals surface area contributed by atoms with Crippen LogP contribution in [0.5, 0.6) is 5.75 Å². The SMILES string of the molecule is COc1ccn2c(CC3CC3)nnc2c1C(F)(F)F. The molecule has 0 bridgehead atoms. The number of alkyl halides is 3. The number of hydrogen-bond acceptors (Lipinski definition) is 3. The molecule has 1 saturated carbocycles. The average Bonchev–Trinajstić information content (AvgIpc) is 3.07. The molecule has 0 aromatic carbocycles. The quantitative estimate of drug-likeness (QED) is 0.861. The zero-order valence-corrected chi connectivity index (χ0v) is 10.2. The van der Waals surface area contributed by atoms with E-state index in [1.54, 1.807) is 0 Å². The lowest BCUT2D eigenvalue weighted by molar-refractivity contribution is -0.137. The summed E-state index contributed by atoms with van der Waals surface area (Å²) >= 11 is 0. The highest BCUT2D eigenvalue weighted by Gasteiger charge is 2.38. The lowest BCUT2D eigenvalue weighted by atomic mass is 10.2. The maximum atomic E-state index is 13.1. The largest absolute Gasteiger partial charge is 0.496 e. The molecule has 0 unspecified atom stereocenters. The van der Waals surface area contributed by atoms with Crippen molar-refractivity contribution in [3.05, 3.63) is 23.7 Å². The number of halogens is 3. The lowest BCUT2D eigenvalue weighted by Crippen LogP contribution is -2.10. The van der Waals surface area contributed by atoms with Gasteiger partial charge in [-0.3, -0.25) is 4.40 Å². The van der Waals surface area contributed by atoms with Gasteiger partial charge in [-0.25, -0.2) is 0 Å².